The average molecular weight is 343 g/mol. The SMILES string of the molecule is C[C@@H]1CCC[C@@H](C)N1C(=O)CN1C(=O)N[C@@H](Cc2ccccc2)C1=O. The molecule has 0 bridgehead atoms. The Hall–Kier alpha value is -2.37. The summed E-state index contributed by atoms with van der Waals surface area (Å²) in [5.41, 5.74) is 0.979. The normalized spacial score (nSPS) is 26.7. The van der Waals surface area contributed by atoms with Gasteiger partial charge in [0.2, 0.25) is 5.91 Å². The summed E-state index contributed by atoms with van der Waals surface area (Å²) in [6.45, 7) is 3.87. The van der Waals surface area contributed by atoms with Crippen LogP contribution in [-0.4, -0.2) is 52.3 Å². The van der Waals surface area contributed by atoms with Crippen LogP contribution in [0.25, 0.3) is 0 Å². The van der Waals surface area contributed by atoms with Crippen molar-refractivity contribution < 1.29 is 14.4 Å². The molecule has 0 radical (unpaired) electrons. The van der Waals surface area contributed by atoms with Gasteiger partial charge in [0.25, 0.3) is 5.91 Å². The number of nitrogens with one attached hydrogen (secondary N) is 1. The van der Waals surface area contributed by atoms with Gasteiger partial charge in [0.15, 0.2) is 0 Å². The van der Waals surface area contributed by atoms with Crippen LogP contribution in [0.15, 0.2) is 30.3 Å². The number of imide groups is 1. The van der Waals surface area contributed by atoms with E-state index in [-0.39, 0.29) is 30.4 Å². The van der Waals surface area contributed by atoms with Gasteiger partial charge in [0.05, 0.1) is 0 Å². The fourth-order valence-electron chi connectivity index (χ4n) is 3.84. The van der Waals surface area contributed by atoms with Crippen LogP contribution in [0.5, 0.6) is 0 Å². The highest BCUT2D eigenvalue weighted by Crippen LogP contribution is 2.23. The number of rotatable bonds is 4. The maximum Gasteiger partial charge on any atom is 0.325 e. The molecule has 134 valence electrons. The molecule has 2 aliphatic rings. The van der Waals surface area contributed by atoms with Crippen molar-refractivity contribution in [2.24, 2.45) is 0 Å². The van der Waals surface area contributed by atoms with E-state index in [2.05, 4.69) is 5.32 Å². The molecule has 6 heteroatoms. The molecular formula is C19H25N3O3. The standard InChI is InChI=1S/C19H25N3O3/c1-13-7-6-8-14(2)22(13)17(23)12-21-18(24)16(20-19(21)25)11-15-9-4-3-5-10-15/h3-5,9-10,13-14,16H,6-8,11-12H2,1-2H3,(H,20,25)/t13-,14-,16+/m1/s1. The number of carbonyl (C=O) groups is 3. The number of carbonyl (C=O) groups excluding carboxylic acids is 3. The van der Waals surface area contributed by atoms with Gasteiger partial charge < -0.3 is 10.2 Å². The van der Waals surface area contributed by atoms with Crippen molar-refractivity contribution in [1.82, 2.24) is 15.1 Å². The van der Waals surface area contributed by atoms with Crippen LogP contribution in [0, 0.1) is 0 Å². The molecule has 2 heterocycles. The largest absolute Gasteiger partial charge is 0.336 e. The summed E-state index contributed by atoms with van der Waals surface area (Å²) in [5, 5.41) is 2.70. The highest BCUT2D eigenvalue weighted by atomic mass is 16.2. The predicted molar refractivity (Wildman–Crippen MR) is 93.8 cm³/mol. The van der Waals surface area contributed by atoms with Crippen molar-refractivity contribution in [2.45, 2.75) is 57.7 Å². The minimum absolute atomic E-state index is 0.149. The van der Waals surface area contributed by atoms with Crippen LogP contribution < -0.4 is 5.32 Å². The topological polar surface area (TPSA) is 69.7 Å². The van der Waals surface area contributed by atoms with Crippen LogP contribution in [0.2, 0.25) is 0 Å². The van der Waals surface area contributed by atoms with Crippen LogP contribution in [-0.2, 0) is 16.0 Å². The molecule has 3 rings (SSSR count). The van der Waals surface area contributed by atoms with Gasteiger partial charge >= 0.3 is 6.03 Å². The van der Waals surface area contributed by atoms with E-state index < -0.39 is 12.1 Å². The summed E-state index contributed by atoms with van der Waals surface area (Å²) in [6.07, 6.45) is 3.47. The molecule has 1 N–H and O–H groups in total. The second kappa shape index (κ2) is 7.25. The van der Waals surface area contributed by atoms with E-state index in [4.69, 9.17) is 0 Å². The Kier molecular flexibility index (Phi) is 5.06. The number of amides is 4. The van der Waals surface area contributed by atoms with E-state index in [1.807, 2.05) is 49.1 Å². The Morgan fingerprint density at radius 1 is 1.12 bits per heavy atom. The molecule has 0 aromatic heterocycles. The Morgan fingerprint density at radius 2 is 1.76 bits per heavy atom. The first kappa shape index (κ1) is 17.5. The van der Waals surface area contributed by atoms with E-state index in [0.717, 1.165) is 29.7 Å². The van der Waals surface area contributed by atoms with E-state index in [0.29, 0.717) is 6.42 Å². The Bertz CT molecular complexity index is 651. The number of likely N-dealkylation sites (tertiary alicyclic amines) is 1. The summed E-state index contributed by atoms with van der Waals surface area (Å²) in [6, 6.07) is 8.78. The molecule has 2 saturated heterocycles. The van der Waals surface area contributed by atoms with Gasteiger partial charge in [-0.3, -0.25) is 14.5 Å². The van der Waals surface area contributed by atoms with Crippen molar-refractivity contribution >= 4 is 17.8 Å². The minimum Gasteiger partial charge on any atom is -0.336 e. The van der Waals surface area contributed by atoms with Crippen molar-refractivity contribution in [3.63, 3.8) is 0 Å². The van der Waals surface area contributed by atoms with Crippen molar-refractivity contribution in [1.29, 1.82) is 0 Å². The third-order valence-corrected chi connectivity index (χ3v) is 5.16. The average Bonchev–Trinajstić information content (AvgIpc) is 2.83. The molecule has 1 aromatic rings. The number of hydrogen-bond donors (Lipinski definition) is 1. The summed E-state index contributed by atoms with van der Waals surface area (Å²) in [7, 11) is 0. The summed E-state index contributed by atoms with van der Waals surface area (Å²) in [4.78, 5) is 40.3. The predicted octanol–water partition coefficient (Wildman–Crippen LogP) is 1.94. The van der Waals surface area contributed by atoms with Gasteiger partial charge in [0, 0.05) is 18.5 Å². The molecule has 0 aliphatic carbocycles. The molecule has 4 amide bonds. The zero-order chi connectivity index (χ0) is 18.0. The van der Waals surface area contributed by atoms with Gasteiger partial charge in [0.1, 0.15) is 12.6 Å². The lowest BCUT2D eigenvalue weighted by molar-refractivity contribution is -0.141. The van der Waals surface area contributed by atoms with Gasteiger partial charge in [-0.1, -0.05) is 30.3 Å². The first-order valence-electron chi connectivity index (χ1n) is 8.94. The Balaban J connectivity index is 1.65. The lowest BCUT2D eigenvalue weighted by Gasteiger charge is -2.39. The molecule has 25 heavy (non-hydrogen) atoms. The van der Waals surface area contributed by atoms with Crippen molar-refractivity contribution in [3.8, 4) is 0 Å². The molecule has 1 aromatic carbocycles. The third kappa shape index (κ3) is 3.67. The second-order valence-electron chi connectivity index (χ2n) is 7.05. The molecule has 2 fully saturated rings. The number of piperidine rings is 1. The molecule has 6 nitrogen and oxygen atoms in total. The molecule has 0 spiro atoms. The fourth-order valence-corrected chi connectivity index (χ4v) is 3.84. The Morgan fingerprint density at radius 3 is 2.40 bits per heavy atom. The number of benzene rings is 1. The fraction of sp³-hybridized carbons (Fsp3) is 0.526. The highest BCUT2D eigenvalue weighted by Gasteiger charge is 2.40. The smallest absolute Gasteiger partial charge is 0.325 e. The summed E-state index contributed by atoms with van der Waals surface area (Å²) < 4.78 is 0. The number of hydrogen-bond acceptors (Lipinski definition) is 3. The van der Waals surface area contributed by atoms with Crippen molar-refractivity contribution in [3.05, 3.63) is 35.9 Å². The molecular weight excluding hydrogens is 318 g/mol. The van der Waals surface area contributed by atoms with E-state index in [1.54, 1.807) is 0 Å². The Labute approximate surface area is 148 Å². The summed E-state index contributed by atoms with van der Waals surface area (Å²) in [5.74, 6) is -0.469. The monoisotopic (exact) mass is 343 g/mol. The van der Waals surface area contributed by atoms with Crippen LogP contribution in [0.3, 0.4) is 0 Å². The summed E-state index contributed by atoms with van der Waals surface area (Å²) >= 11 is 0. The maximum absolute atomic E-state index is 12.7. The van der Waals surface area contributed by atoms with Crippen molar-refractivity contribution in [2.75, 3.05) is 6.54 Å². The first-order chi connectivity index (χ1) is 12.0. The molecule has 2 aliphatic heterocycles. The van der Waals surface area contributed by atoms with Gasteiger partial charge in [-0.15, -0.1) is 0 Å². The van der Waals surface area contributed by atoms with Crippen LogP contribution in [0.4, 0.5) is 4.79 Å². The first-order valence-corrected chi connectivity index (χ1v) is 8.94. The lowest BCUT2D eigenvalue weighted by atomic mass is 9.97. The van der Waals surface area contributed by atoms with Gasteiger partial charge in [-0.25, -0.2) is 4.79 Å². The number of urea groups is 1. The van der Waals surface area contributed by atoms with E-state index >= 15 is 0 Å². The second-order valence-corrected chi connectivity index (χ2v) is 7.05. The molecule has 3 atom stereocenters. The van der Waals surface area contributed by atoms with E-state index in [9.17, 15) is 14.4 Å². The third-order valence-electron chi connectivity index (χ3n) is 5.16. The lowest BCUT2D eigenvalue weighted by Crippen LogP contribution is -2.52. The molecule has 0 unspecified atom stereocenters. The van der Waals surface area contributed by atoms with Crippen LogP contribution >= 0.6 is 0 Å². The minimum atomic E-state index is -0.598. The molecule has 0 saturated carbocycles. The quantitative estimate of drug-likeness (QED) is 0.850. The van der Waals surface area contributed by atoms with Gasteiger partial charge in [-0.2, -0.15) is 0 Å². The number of nitrogens with zero attached hydrogens (tertiary/aromatic N) is 2. The highest BCUT2D eigenvalue weighted by molar-refractivity contribution is 6.06. The maximum atomic E-state index is 12.7. The zero-order valence-electron chi connectivity index (χ0n) is 14.8. The van der Waals surface area contributed by atoms with Gasteiger partial charge in [-0.05, 0) is 38.7 Å². The van der Waals surface area contributed by atoms with Crippen LogP contribution in [0.1, 0.15) is 38.7 Å². The zero-order valence-corrected chi connectivity index (χ0v) is 14.8. The van der Waals surface area contributed by atoms with E-state index in [1.165, 1.54) is 0 Å².